The van der Waals surface area contributed by atoms with E-state index in [0.29, 0.717) is 32.5 Å². The van der Waals surface area contributed by atoms with Gasteiger partial charge in [0.25, 0.3) is 5.91 Å². The molecule has 1 amide bonds. The second-order valence-corrected chi connectivity index (χ2v) is 5.73. The van der Waals surface area contributed by atoms with E-state index in [0.717, 1.165) is 11.7 Å². The van der Waals surface area contributed by atoms with Crippen molar-refractivity contribution in [3.05, 3.63) is 45.2 Å². The minimum atomic E-state index is -0.377. The van der Waals surface area contributed by atoms with Crippen LogP contribution < -0.4 is 5.32 Å². The number of nitrogens with zero attached hydrogens (tertiary/aromatic N) is 3. The molecule has 9 heteroatoms. The standard InChI is InChI=1S/C12H5Cl3N4OS/c13-6-3-7(14)10-11(19-21-18-10)9(6)17-12(20)5-1-2-8(15)16-4-5/h1-4H,(H,17,20). The third-order valence-corrected chi connectivity index (χ3v) is 4.01. The Bertz CT molecular complexity index is 834. The van der Waals surface area contributed by atoms with E-state index < -0.39 is 0 Å². The summed E-state index contributed by atoms with van der Waals surface area (Å²) in [4.78, 5) is 16.1. The molecule has 5 nitrogen and oxygen atoms in total. The number of benzene rings is 1. The van der Waals surface area contributed by atoms with Crippen LogP contribution in [0.2, 0.25) is 15.2 Å². The molecule has 21 heavy (non-hydrogen) atoms. The molecule has 0 unspecified atom stereocenters. The van der Waals surface area contributed by atoms with Crippen LogP contribution in [0.15, 0.2) is 24.4 Å². The molecule has 0 aliphatic heterocycles. The van der Waals surface area contributed by atoms with Crippen LogP contribution in [-0.4, -0.2) is 19.6 Å². The van der Waals surface area contributed by atoms with Gasteiger partial charge in [0.1, 0.15) is 16.2 Å². The predicted molar refractivity (Wildman–Crippen MR) is 84.6 cm³/mol. The fourth-order valence-corrected chi connectivity index (χ4v) is 2.96. The van der Waals surface area contributed by atoms with Crippen molar-refractivity contribution in [1.82, 2.24) is 13.7 Å². The van der Waals surface area contributed by atoms with Gasteiger partial charge in [0.2, 0.25) is 0 Å². The van der Waals surface area contributed by atoms with Crippen LogP contribution in [0.5, 0.6) is 0 Å². The van der Waals surface area contributed by atoms with Crippen molar-refractivity contribution in [3.63, 3.8) is 0 Å². The van der Waals surface area contributed by atoms with E-state index >= 15 is 0 Å². The lowest BCUT2D eigenvalue weighted by Crippen LogP contribution is -2.13. The molecule has 0 saturated carbocycles. The molecule has 106 valence electrons. The molecule has 0 spiro atoms. The van der Waals surface area contributed by atoms with E-state index in [4.69, 9.17) is 34.8 Å². The molecule has 3 aromatic rings. The first-order valence-corrected chi connectivity index (χ1v) is 7.46. The molecule has 0 aliphatic carbocycles. The van der Waals surface area contributed by atoms with Gasteiger partial charge in [0.05, 0.1) is 33.0 Å². The summed E-state index contributed by atoms with van der Waals surface area (Å²) in [5.74, 6) is -0.377. The lowest BCUT2D eigenvalue weighted by Gasteiger charge is -2.08. The second-order valence-electron chi connectivity index (χ2n) is 4.00. The predicted octanol–water partition coefficient (Wildman–Crippen LogP) is 4.30. The minimum absolute atomic E-state index is 0.287. The Morgan fingerprint density at radius 3 is 2.57 bits per heavy atom. The molecule has 2 aromatic heterocycles. The number of carbonyl (C=O) groups is 1. The highest BCUT2D eigenvalue weighted by atomic mass is 35.5. The van der Waals surface area contributed by atoms with Gasteiger partial charge in [-0.1, -0.05) is 34.8 Å². The highest BCUT2D eigenvalue weighted by molar-refractivity contribution is 7.00. The van der Waals surface area contributed by atoms with Crippen molar-refractivity contribution in [2.24, 2.45) is 0 Å². The van der Waals surface area contributed by atoms with Gasteiger partial charge < -0.3 is 5.32 Å². The van der Waals surface area contributed by atoms with Crippen LogP contribution in [0, 0.1) is 0 Å². The van der Waals surface area contributed by atoms with Crippen molar-refractivity contribution in [2.75, 3.05) is 5.32 Å². The Morgan fingerprint density at radius 1 is 1.10 bits per heavy atom. The van der Waals surface area contributed by atoms with Gasteiger partial charge >= 0.3 is 0 Å². The van der Waals surface area contributed by atoms with Crippen LogP contribution in [0.3, 0.4) is 0 Å². The van der Waals surface area contributed by atoms with Crippen LogP contribution in [-0.2, 0) is 0 Å². The third-order valence-electron chi connectivity index (χ3n) is 2.67. The van der Waals surface area contributed by atoms with Crippen LogP contribution in [0.4, 0.5) is 5.69 Å². The first-order chi connectivity index (χ1) is 10.1. The normalized spacial score (nSPS) is 10.8. The molecular weight excluding hydrogens is 355 g/mol. The highest BCUT2D eigenvalue weighted by Crippen LogP contribution is 2.35. The summed E-state index contributed by atoms with van der Waals surface area (Å²) in [6, 6.07) is 4.60. The number of hydrogen-bond donors (Lipinski definition) is 1. The van der Waals surface area contributed by atoms with Crippen molar-refractivity contribution >= 4 is 69.2 Å². The van der Waals surface area contributed by atoms with Gasteiger partial charge in [0, 0.05) is 6.20 Å². The number of anilines is 1. The zero-order valence-electron chi connectivity index (χ0n) is 10.1. The van der Waals surface area contributed by atoms with Gasteiger partial charge in [0.15, 0.2) is 0 Å². The second kappa shape index (κ2) is 5.73. The Balaban J connectivity index is 2.00. The zero-order valence-corrected chi connectivity index (χ0v) is 13.2. The zero-order chi connectivity index (χ0) is 15.0. The highest BCUT2D eigenvalue weighted by Gasteiger charge is 2.17. The topological polar surface area (TPSA) is 67.8 Å². The first-order valence-electron chi connectivity index (χ1n) is 5.59. The molecule has 0 radical (unpaired) electrons. The number of nitrogens with one attached hydrogen (secondary N) is 1. The van der Waals surface area contributed by atoms with Crippen molar-refractivity contribution < 1.29 is 4.79 Å². The maximum Gasteiger partial charge on any atom is 0.257 e. The Hall–Kier alpha value is -1.47. The molecule has 0 saturated heterocycles. The molecule has 0 fully saturated rings. The summed E-state index contributed by atoms with van der Waals surface area (Å²) >= 11 is 18.8. The van der Waals surface area contributed by atoms with Gasteiger partial charge in [-0.15, -0.1) is 0 Å². The summed E-state index contributed by atoms with van der Waals surface area (Å²) in [7, 11) is 0. The summed E-state index contributed by atoms with van der Waals surface area (Å²) in [5, 5.41) is 3.67. The molecule has 1 aromatic carbocycles. The van der Waals surface area contributed by atoms with Gasteiger partial charge in [-0.25, -0.2) is 4.98 Å². The molecular formula is C12H5Cl3N4OS. The number of rotatable bonds is 2. The van der Waals surface area contributed by atoms with E-state index in [2.05, 4.69) is 19.0 Å². The number of fused-ring (bicyclic) bond motifs is 1. The van der Waals surface area contributed by atoms with Gasteiger partial charge in [-0.3, -0.25) is 4.79 Å². The van der Waals surface area contributed by atoms with E-state index in [1.165, 1.54) is 18.3 Å². The van der Waals surface area contributed by atoms with Gasteiger partial charge in [-0.2, -0.15) is 8.75 Å². The number of carbonyl (C=O) groups excluding carboxylic acids is 1. The SMILES string of the molecule is O=C(Nc1c(Cl)cc(Cl)c2nsnc12)c1ccc(Cl)nc1. The number of pyridine rings is 1. The minimum Gasteiger partial charge on any atom is -0.319 e. The Morgan fingerprint density at radius 2 is 1.86 bits per heavy atom. The van der Waals surface area contributed by atoms with E-state index in [1.54, 1.807) is 6.07 Å². The summed E-state index contributed by atoms with van der Waals surface area (Å²) in [6.07, 6.45) is 1.37. The summed E-state index contributed by atoms with van der Waals surface area (Å²) in [5.41, 5.74) is 1.66. The molecule has 0 aliphatic rings. The number of aromatic nitrogens is 3. The molecule has 0 atom stereocenters. The van der Waals surface area contributed by atoms with E-state index in [-0.39, 0.29) is 10.9 Å². The molecule has 0 bridgehead atoms. The van der Waals surface area contributed by atoms with Crippen LogP contribution >= 0.6 is 46.5 Å². The van der Waals surface area contributed by atoms with E-state index in [9.17, 15) is 4.79 Å². The Kier molecular flexibility index (Phi) is 3.95. The van der Waals surface area contributed by atoms with Gasteiger partial charge in [-0.05, 0) is 18.2 Å². The average molecular weight is 360 g/mol. The lowest BCUT2D eigenvalue weighted by molar-refractivity contribution is 0.102. The summed E-state index contributed by atoms with van der Waals surface area (Å²) in [6.45, 7) is 0. The van der Waals surface area contributed by atoms with E-state index in [1.807, 2.05) is 0 Å². The lowest BCUT2D eigenvalue weighted by atomic mass is 10.2. The number of halogens is 3. The maximum atomic E-state index is 12.2. The van der Waals surface area contributed by atoms with Crippen molar-refractivity contribution in [3.8, 4) is 0 Å². The number of hydrogen-bond acceptors (Lipinski definition) is 5. The first kappa shape index (κ1) is 14.5. The number of amides is 1. The molecule has 1 N–H and O–H groups in total. The average Bonchev–Trinajstić information content (AvgIpc) is 2.93. The Labute approximate surface area is 138 Å². The molecule has 3 rings (SSSR count). The molecule has 2 heterocycles. The van der Waals surface area contributed by atoms with Crippen LogP contribution in [0.25, 0.3) is 11.0 Å². The smallest absolute Gasteiger partial charge is 0.257 e. The third kappa shape index (κ3) is 2.80. The monoisotopic (exact) mass is 358 g/mol. The fraction of sp³-hybridized carbons (Fsp3) is 0. The van der Waals surface area contributed by atoms with Crippen molar-refractivity contribution in [1.29, 1.82) is 0 Å². The van der Waals surface area contributed by atoms with Crippen molar-refractivity contribution in [2.45, 2.75) is 0 Å². The fourth-order valence-electron chi connectivity index (χ4n) is 1.69. The largest absolute Gasteiger partial charge is 0.319 e. The maximum absolute atomic E-state index is 12.2. The quantitative estimate of drug-likeness (QED) is 0.693. The summed E-state index contributed by atoms with van der Waals surface area (Å²) < 4.78 is 8.18. The van der Waals surface area contributed by atoms with Crippen LogP contribution in [0.1, 0.15) is 10.4 Å².